The number of hydrogen-bond donors (Lipinski definition) is 1. The maximum Gasteiger partial charge on any atom is 0.273 e. The van der Waals surface area contributed by atoms with Gasteiger partial charge >= 0.3 is 0 Å². The Morgan fingerprint density at radius 3 is 2.72 bits per heavy atom. The summed E-state index contributed by atoms with van der Waals surface area (Å²) in [6.45, 7) is 3.62. The van der Waals surface area contributed by atoms with Crippen LogP contribution in [0, 0.1) is 19.7 Å². The summed E-state index contributed by atoms with van der Waals surface area (Å²) in [7, 11) is 1.55. The van der Waals surface area contributed by atoms with E-state index in [1.807, 2.05) is 13.0 Å². The number of pyridine rings is 1. The van der Waals surface area contributed by atoms with Crippen LogP contribution < -0.4 is 10.2 Å². The monoisotopic (exact) mass is 391 g/mol. The van der Waals surface area contributed by atoms with Crippen LogP contribution in [0.3, 0.4) is 0 Å². The molecule has 0 radical (unpaired) electrons. The molecule has 3 heterocycles. The molecule has 8 heteroatoms. The highest BCUT2D eigenvalue weighted by Gasteiger charge is 2.15. The fourth-order valence-electron chi connectivity index (χ4n) is 3.08. The SMILES string of the molecule is COc1ccc2c(n1)c(C)cn2NC(=O)c1cnc(-c2cccc(F)c2)nc1C. The predicted octanol–water partition coefficient (Wildman–Crippen LogP) is 3.64. The third-order valence-corrected chi connectivity index (χ3v) is 4.54. The van der Waals surface area contributed by atoms with Crippen LogP contribution in [0.25, 0.3) is 22.4 Å². The van der Waals surface area contributed by atoms with Crippen LogP contribution >= 0.6 is 0 Å². The molecule has 0 unspecified atom stereocenters. The zero-order chi connectivity index (χ0) is 20.5. The summed E-state index contributed by atoms with van der Waals surface area (Å²) in [4.78, 5) is 25.8. The molecule has 29 heavy (non-hydrogen) atoms. The molecule has 0 spiro atoms. The van der Waals surface area contributed by atoms with Crippen LogP contribution in [0.15, 0.2) is 48.8 Å². The van der Waals surface area contributed by atoms with E-state index >= 15 is 0 Å². The molecule has 0 atom stereocenters. The zero-order valence-electron chi connectivity index (χ0n) is 16.1. The number of amides is 1. The maximum atomic E-state index is 13.4. The van der Waals surface area contributed by atoms with Crippen LogP contribution in [0.1, 0.15) is 21.6 Å². The number of carbonyl (C=O) groups is 1. The van der Waals surface area contributed by atoms with Crippen molar-refractivity contribution < 1.29 is 13.9 Å². The molecule has 4 rings (SSSR count). The van der Waals surface area contributed by atoms with Gasteiger partial charge in [-0.25, -0.2) is 19.3 Å². The van der Waals surface area contributed by atoms with E-state index in [9.17, 15) is 9.18 Å². The van der Waals surface area contributed by atoms with Crippen molar-refractivity contribution in [2.75, 3.05) is 12.5 Å². The van der Waals surface area contributed by atoms with Crippen LogP contribution in [0.4, 0.5) is 4.39 Å². The first-order valence-corrected chi connectivity index (χ1v) is 8.90. The Labute approximate surface area is 166 Å². The molecule has 0 aliphatic heterocycles. The van der Waals surface area contributed by atoms with Crippen molar-refractivity contribution >= 4 is 16.9 Å². The van der Waals surface area contributed by atoms with Gasteiger partial charge in [0.15, 0.2) is 5.82 Å². The van der Waals surface area contributed by atoms with Crippen LogP contribution in [0.5, 0.6) is 5.88 Å². The van der Waals surface area contributed by atoms with E-state index in [4.69, 9.17) is 4.74 Å². The van der Waals surface area contributed by atoms with Gasteiger partial charge in [0.25, 0.3) is 5.91 Å². The number of fused-ring (bicyclic) bond motifs is 1. The molecule has 7 nitrogen and oxygen atoms in total. The number of aryl methyl sites for hydroxylation is 2. The van der Waals surface area contributed by atoms with Crippen LogP contribution in [-0.4, -0.2) is 32.6 Å². The number of ether oxygens (including phenoxy) is 1. The number of benzene rings is 1. The van der Waals surface area contributed by atoms with Crippen molar-refractivity contribution in [1.82, 2.24) is 19.6 Å². The molecule has 0 fully saturated rings. The van der Waals surface area contributed by atoms with E-state index in [0.717, 1.165) is 16.6 Å². The second kappa shape index (κ2) is 7.31. The van der Waals surface area contributed by atoms with Gasteiger partial charge in [0.05, 0.1) is 29.4 Å². The van der Waals surface area contributed by atoms with E-state index in [-0.39, 0.29) is 11.7 Å². The molecular weight excluding hydrogens is 373 g/mol. The molecular formula is C21H18FN5O2. The first-order chi connectivity index (χ1) is 14.0. The van der Waals surface area contributed by atoms with Gasteiger partial charge in [0.2, 0.25) is 5.88 Å². The highest BCUT2D eigenvalue weighted by atomic mass is 19.1. The Hall–Kier alpha value is -3.81. The molecule has 0 saturated carbocycles. The van der Waals surface area contributed by atoms with Gasteiger partial charge in [-0.05, 0) is 37.6 Å². The number of nitrogens with one attached hydrogen (secondary N) is 1. The Bertz CT molecular complexity index is 1240. The van der Waals surface area contributed by atoms with Gasteiger partial charge in [-0.1, -0.05) is 12.1 Å². The molecule has 0 aliphatic rings. The molecule has 3 aromatic heterocycles. The molecule has 0 bridgehead atoms. The Balaban J connectivity index is 1.63. The molecule has 1 amide bonds. The summed E-state index contributed by atoms with van der Waals surface area (Å²) >= 11 is 0. The fourth-order valence-corrected chi connectivity index (χ4v) is 3.08. The van der Waals surface area contributed by atoms with Gasteiger partial charge in [0, 0.05) is 24.0 Å². The summed E-state index contributed by atoms with van der Waals surface area (Å²) in [6.07, 6.45) is 3.23. The van der Waals surface area contributed by atoms with Gasteiger partial charge in [0.1, 0.15) is 5.82 Å². The topological polar surface area (TPSA) is 81.9 Å². The number of methoxy groups -OCH3 is 1. The highest BCUT2D eigenvalue weighted by Crippen LogP contribution is 2.22. The van der Waals surface area contributed by atoms with E-state index in [0.29, 0.717) is 28.5 Å². The molecule has 0 aliphatic carbocycles. The van der Waals surface area contributed by atoms with Crippen molar-refractivity contribution in [3.63, 3.8) is 0 Å². The van der Waals surface area contributed by atoms with Gasteiger partial charge in [-0.3, -0.25) is 14.9 Å². The van der Waals surface area contributed by atoms with Crippen molar-refractivity contribution in [3.8, 4) is 17.3 Å². The minimum atomic E-state index is -0.370. The summed E-state index contributed by atoms with van der Waals surface area (Å²) in [5.41, 5.74) is 6.56. The minimum absolute atomic E-state index is 0.325. The molecule has 146 valence electrons. The third kappa shape index (κ3) is 3.52. The number of nitrogens with zero attached hydrogens (tertiary/aromatic N) is 4. The molecule has 4 aromatic rings. The van der Waals surface area contributed by atoms with Gasteiger partial charge < -0.3 is 4.74 Å². The van der Waals surface area contributed by atoms with E-state index in [2.05, 4.69) is 20.4 Å². The largest absolute Gasteiger partial charge is 0.481 e. The lowest BCUT2D eigenvalue weighted by Gasteiger charge is -2.10. The summed E-state index contributed by atoms with van der Waals surface area (Å²) in [6, 6.07) is 9.56. The lowest BCUT2D eigenvalue weighted by Crippen LogP contribution is -2.23. The zero-order valence-corrected chi connectivity index (χ0v) is 16.1. The number of rotatable bonds is 4. The molecule has 1 aromatic carbocycles. The Morgan fingerprint density at radius 1 is 1.17 bits per heavy atom. The summed E-state index contributed by atoms with van der Waals surface area (Å²) < 4.78 is 20.2. The van der Waals surface area contributed by atoms with Crippen LogP contribution in [-0.2, 0) is 0 Å². The second-order valence-electron chi connectivity index (χ2n) is 6.55. The normalized spacial score (nSPS) is 10.9. The summed E-state index contributed by atoms with van der Waals surface area (Å²) in [5.74, 6) is 0.130. The fraction of sp³-hybridized carbons (Fsp3) is 0.143. The van der Waals surface area contributed by atoms with Crippen molar-refractivity contribution in [3.05, 3.63) is 71.4 Å². The first kappa shape index (κ1) is 18.5. The van der Waals surface area contributed by atoms with E-state index in [1.165, 1.54) is 18.3 Å². The van der Waals surface area contributed by atoms with E-state index < -0.39 is 0 Å². The van der Waals surface area contributed by atoms with Crippen molar-refractivity contribution in [2.24, 2.45) is 0 Å². The molecule has 0 saturated heterocycles. The van der Waals surface area contributed by atoms with Crippen LogP contribution in [0.2, 0.25) is 0 Å². The number of hydrogen-bond acceptors (Lipinski definition) is 5. The Kier molecular flexibility index (Phi) is 4.67. The quantitative estimate of drug-likeness (QED) is 0.574. The lowest BCUT2D eigenvalue weighted by molar-refractivity contribution is 0.101. The average Bonchev–Trinajstić information content (AvgIpc) is 3.02. The minimum Gasteiger partial charge on any atom is -0.481 e. The first-order valence-electron chi connectivity index (χ1n) is 8.90. The van der Waals surface area contributed by atoms with E-state index in [1.54, 1.807) is 43.1 Å². The number of carbonyl (C=O) groups excluding carboxylic acids is 1. The Morgan fingerprint density at radius 2 is 2.00 bits per heavy atom. The number of aromatic nitrogens is 4. The standard InChI is InChI=1S/C21H18FN5O2/c1-12-11-27(17-7-8-18(29-3)25-19(12)17)26-21(28)16-10-23-20(24-13(16)2)14-5-4-6-15(22)9-14/h4-11H,1-3H3,(H,26,28). The average molecular weight is 391 g/mol. The van der Waals surface area contributed by atoms with Crippen molar-refractivity contribution in [1.29, 1.82) is 0 Å². The highest BCUT2D eigenvalue weighted by molar-refractivity contribution is 6.01. The second-order valence-corrected chi connectivity index (χ2v) is 6.55. The maximum absolute atomic E-state index is 13.4. The summed E-state index contributed by atoms with van der Waals surface area (Å²) in [5, 5.41) is 0. The number of halogens is 1. The third-order valence-electron chi connectivity index (χ3n) is 4.54. The lowest BCUT2D eigenvalue weighted by atomic mass is 10.2. The van der Waals surface area contributed by atoms with Crippen molar-refractivity contribution in [2.45, 2.75) is 13.8 Å². The van der Waals surface area contributed by atoms with Gasteiger partial charge in [-0.15, -0.1) is 0 Å². The smallest absolute Gasteiger partial charge is 0.273 e. The predicted molar refractivity (Wildman–Crippen MR) is 107 cm³/mol. The van der Waals surface area contributed by atoms with Gasteiger partial charge in [-0.2, -0.15) is 0 Å². The molecule has 1 N–H and O–H groups in total.